The highest BCUT2D eigenvalue weighted by Crippen LogP contribution is 2.40. The zero-order valence-corrected chi connectivity index (χ0v) is 13.1. The molecule has 1 fully saturated rings. The number of para-hydroxylation sites is 2. The van der Waals surface area contributed by atoms with Crippen LogP contribution in [0.25, 0.3) is 11.0 Å². The molecule has 1 aliphatic carbocycles. The van der Waals surface area contributed by atoms with E-state index in [0.29, 0.717) is 18.9 Å². The molecule has 2 aromatic heterocycles. The average Bonchev–Trinajstić information content (AvgIpc) is 3.27. The van der Waals surface area contributed by atoms with Gasteiger partial charge in [-0.25, -0.2) is 9.37 Å². The monoisotopic (exact) mass is 324 g/mol. The fraction of sp³-hybridized carbons (Fsp3) is 0.278. The molecular formula is C18H17FN4O. The predicted octanol–water partition coefficient (Wildman–Crippen LogP) is 3.11. The van der Waals surface area contributed by atoms with E-state index in [4.69, 9.17) is 0 Å². The Bertz CT molecular complexity index is 886. The Kier molecular flexibility index (Phi) is 3.52. The maximum Gasteiger partial charge on any atom is 0.264 e. The molecule has 0 radical (unpaired) electrons. The Morgan fingerprint density at radius 1 is 1.21 bits per heavy atom. The number of halogens is 1. The van der Waals surface area contributed by atoms with Crippen LogP contribution >= 0.6 is 0 Å². The summed E-state index contributed by atoms with van der Waals surface area (Å²) >= 11 is 0. The number of alkyl halides is 1. The van der Waals surface area contributed by atoms with Gasteiger partial charge in [-0.1, -0.05) is 18.2 Å². The molecule has 3 aromatic rings. The van der Waals surface area contributed by atoms with Gasteiger partial charge in [-0.3, -0.25) is 15.1 Å². The van der Waals surface area contributed by atoms with E-state index in [1.165, 1.54) is 0 Å². The van der Waals surface area contributed by atoms with Crippen LogP contribution in [0, 0.1) is 0 Å². The largest absolute Gasteiger partial charge is 0.310 e. The van der Waals surface area contributed by atoms with Gasteiger partial charge in [-0.15, -0.1) is 0 Å². The van der Waals surface area contributed by atoms with Gasteiger partial charge in [0.2, 0.25) is 5.95 Å². The van der Waals surface area contributed by atoms with E-state index in [2.05, 4.69) is 15.3 Å². The summed E-state index contributed by atoms with van der Waals surface area (Å²) in [6, 6.07) is 13.4. The predicted molar refractivity (Wildman–Crippen MR) is 89.4 cm³/mol. The van der Waals surface area contributed by atoms with Crippen molar-refractivity contribution in [3.8, 4) is 0 Å². The third kappa shape index (κ3) is 2.75. The minimum absolute atomic E-state index is 0.285. The van der Waals surface area contributed by atoms with Gasteiger partial charge in [0.1, 0.15) is 0 Å². The van der Waals surface area contributed by atoms with Crippen LogP contribution in [0.4, 0.5) is 10.3 Å². The lowest BCUT2D eigenvalue weighted by atomic mass is 10.2. The van der Waals surface area contributed by atoms with Crippen LogP contribution in [0.3, 0.4) is 0 Å². The number of imidazole rings is 1. The molecule has 6 heteroatoms. The molecule has 24 heavy (non-hydrogen) atoms. The van der Waals surface area contributed by atoms with Gasteiger partial charge in [0.15, 0.2) is 5.67 Å². The van der Waals surface area contributed by atoms with E-state index in [1.54, 1.807) is 6.20 Å². The minimum Gasteiger partial charge on any atom is -0.310 e. The van der Waals surface area contributed by atoms with Gasteiger partial charge < -0.3 is 4.57 Å². The summed E-state index contributed by atoms with van der Waals surface area (Å²) in [6.07, 6.45) is 3.02. The number of carbonyl (C=O) groups is 1. The number of amides is 1. The molecule has 0 aliphatic heterocycles. The standard InChI is InChI=1S/C18H17FN4O/c19-18(9-10-18)16(24)22-17-21-14-6-1-2-7-15(14)23(17)12-8-13-5-3-4-11-20-13/h1-7,11H,8-10,12H2,(H,21,22,24). The smallest absolute Gasteiger partial charge is 0.264 e. The summed E-state index contributed by atoms with van der Waals surface area (Å²) in [6.45, 7) is 0.604. The molecule has 1 N–H and O–H groups in total. The summed E-state index contributed by atoms with van der Waals surface area (Å²) < 4.78 is 15.9. The first-order valence-electron chi connectivity index (χ1n) is 8.01. The summed E-state index contributed by atoms with van der Waals surface area (Å²) in [5, 5.41) is 2.66. The first-order valence-corrected chi connectivity index (χ1v) is 8.01. The molecule has 0 saturated heterocycles. The van der Waals surface area contributed by atoms with E-state index in [0.717, 1.165) is 16.7 Å². The Balaban J connectivity index is 1.63. The number of carbonyl (C=O) groups excluding carboxylic acids is 1. The Morgan fingerprint density at radius 2 is 2.00 bits per heavy atom. The van der Waals surface area contributed by atoms with Gasteiger partial charge >= 0.3 is 0 Å². The average molecular weight is 324 g/mol. The van der Waals surface area contributed by atoms with Crippen molar-refractivity contribution in [2.24, 2.45) is 0 Å². The van der Waals surface area contributed by atoms with Gasteiger partial charge in [0.05, 0.1) is 11.0 Å². The van der Waals surface area contributed by atoms with E-state index in [9.17, 15) is 9.18 Å². The van der Waals surface area contributed by atoms with Crippen molar-refractivity contribution in [1.29, 1.82) is 0 Å². The molecule has 4 rings (SSSR count). The quantitative estimate of drug-likeness (QED) is 0.784. The highest BCUT2D eigenvalue weighted by atomic mass is 19.1. The number of nitrogens with one attached hydrogen (secondary N) is 1. The van der Waals surface area contributed by atoms with E-state index < -0.39 is 11.6 Å². The first kappa shape index (κ1) is 14.8. The maximum atomic E-state index is 14.0. The third-order valence-electron chi connectivity index (χ3n) is 4.29. The number of benzene rings is 1. The Labute approximate surface area is 138 Å². The van der Waals surface area contributed by atoms with Gasteiger partial charge in [-0.2, -0.15) is 0 Å². The highest BCUT2D eigenvalue weighted by Gasteiger charge is 2.51. The molecule has 0 unspecified atom stereocenters. The first-order chi connectivity index (χ1) is 11.7. The summed E-state index contributed by atoms with van der Waals surface area (Å²) in [5.41, 5.74) is 0.922. The molecule has 1 aliphatic rings. The number of anilines is 1. The molecule has 0 spiro atoms. The third-order valence-corrected chi connectivity index (χ3v) is 4.29. The van der Waals surface area contributed by atoms with Crippen LogP contribution < -0.4 is 5.32 Å². The lowest BCUT2D eigenvalue weighted by Crippen LogP contribution is -2.27. The highest BCUT2D eigenvalue weighted by molar-refractivity contribution is 5.99. The molecule has 1 amide bonds. The fourth-order valence-electron chi connectivity index (χ4n) is 2.72. The number of hydrogen-bond donors (Lipinski definition) is 1. The molecule has 2 heterocycles. The van der Waals surface area contributed by atoms with Crippen LogP contribution in [-0.2, 0) is 17.8 Å². The lowest BCUT2D eigenvalue weighted by molar-refractivity contribution is -0.122. The van der Waals surface area contributed by atoms with Gasteiger partial charge in [-0.05, 0) is 37.1 Å². The molecule has 0 bridgehead atoms. The zero-order chi connectivity index (χ0) is 16.6. The van der Waals surface area contributed by atoms with Crippen molar-refractivity contribution >= 4 is 22.9 Å². The van der Waals surface area contributed by atoms with Gasteiger partial charge in [0.25, 0.3) is 5.91 Å². The summed E-state index contributed by atoms with van der Waals surface area (Å²) in [5.74, 6) is -0.210. The second-order valence-electron chi connectivity index (χ2n) is 6.07. The second-order valence-corrected chi connectivity index (χ2v) is 6.07. The molecule has 122 valence electrons. The summed E-state index contributed by atoms with van der Waals surface area (Å²) in [4.78, 5) is 20.8. The number of rotatable bonds is 5. The van der Waals surface area contributed by atoms with E-state index >= 15 is 0 Å². The minimum atomic E-state index is -1.72. The zero-order valence-electron chi connectivity index (χ0n) is 13.1. The maximum absolute atomic E-state index is 14.0. The Morgan fingerprint density at radius 3 is 2.75 bits per heavy atom. The molecule has 1 aromatic carbocycles. The molecule has 0 atom stereocenters. The van der Waals surface area contributed by atoms with Crippen molar-refractivity contribution in [1.82, 2.24) is 14.5 Å². The number of nitrogens with zero attached hydrogens (tertiary/aromatic N) is 3. The van der Waals surface area contributed by atoms with Crippen molar-refractivity contribution in [2.75, 3.05) is 5.32 Å². The number of aromatic nitrogens is 3. The fourth-order valence-corrected chi connectivity index (χ4v) is 2.72. The number of pyridine rings is 1. The topological polar surface area (TPSA) is 59.8 Å². The number of aryl methyl sites for hydroxylation is 2. The van der Waals surface area contributed by atoms with E-state index in [-0.39, 0.29) is 12.8 Å². The van der Waals surface area contributed by atoms with Crippen LogP contribution in [0.15, 0.2) is 48.7 Å². The lowest BCUT2D eigenvalue weighted by Gasteiger charge is -2.11. The Hall–Kier alpha value is -2.76. The van der Waals surface area contributed by atoms with Crippen molar-refractivity contribution < 1.29 is 9.18 Å². The number of hydrogen-bond acceptors (Lipinski definition) is 3. The SMILES string of the molecule is O=C(Nc1nc2ccccc2n1CCc1ccccn1)C1(F)CC1. The molecule has 5 nitrogen and oxygen atoms in total. The van der Waals surface area contributed by atoms with Crippen LogP contribution in [0.2, 0.25) is 0 Å². The second kappa shape index (κ2) is 5.70. The van der Waals surface area contributed by atoms with Crippen LogP contribution in [0.1, 0.15) is 18.5 Å². The van der Waals surface area contributed by atoms with Crippen molar-refractivity contribution in [3.63, 3.8) is 0 Å². The van der Waals surface area contributed by atoms with Crippen LogP contribution in [-0.4, -0.2) is 26.1 Å². The van der Waals surface area contributed by atoms with Gasteiger partial charge in [0, 0.05) is 24.9 Å². The van der Waals surface area contributed by atoms with E-state index in [1.807, 2.05) is 47.0 Å². The van der Waals surface area contributed by atoms with Crippen LogP contribution in [0.5, 0.6) is 0 Å². The molecule has 1 saturated carbocycles. The normalized spacial score (nSPS) is 15.4. The van der Waals surface area contributed by atoms with Crippen molar-refractivity contribution in [3.05, 3.63) is 54.4 Å². The molecular weight excluding hydrogens is 307 g/mol. The van der Waals surface area contributed by atoms with Crippen molar-refractivity contribution in [2.45, 2.75) is 31.5 Å². The number of fused-ring (bicyclic) bond motifs is 1. The summed E-state index contributed by atoms with van der Waals surface area (Å²) in [7, 11) is 0.